The maximum Gasteiger partial charge on any atom is 0.263 e. The lowest BCUT2D eigenvalue weighted by molar-refractivity contribution is -0.112. The van der Waals surface area contributed by atoms with Crippen LogP contribution in [0.2, 0.25) is 0 Å². The number of ketones is 1. The number of hydrogen-bond acceptors (Lipinski definition) is 6. The fraction of sp³-hybridized carbons (Fsp3) is 0.231. The SMILES string of the molecule is C=CCn1c(=O)c2ccccc2n2c(SCC(=O)/C=C3\N(C)c4ccccc4C3(C)C)nnc12. The number of thioether (sulfide) groups is 1. The molecule has 0 fully saturated rings. The fourth-order valence-corrected chi connectivity index (χ4v) is 5.47. The van der Waals surface area contributed by atoms with Crippen LogP contribution in [0.4, 0.5) is 5.69 Å². The van der Waals surface area contributed by atoms with Crippen LogP contribution in [0.3, 0.4) is 0 Å². The number of nitrogens with zero attached hydrogens (tertiary/aromatic N) is 5. The molecule has 0 radical (unpaired) electrons. The lowest BCUT2D eigenvalue weighted by Gasteiger charge is -2.23. The van der Waals surface area contributed by atoms with E-state index >= 15 is 0 Å². The molecule has 2 aromatic carbocycles. The van der Waals surface area contributed by atoms with Gasteiger partial charge in [-0.2, -0.15) is 0 Å². The second-order valence-electron chi connectivity index (χ2n) is 8.83. The first kappa shape index (κ1) is 22.2. The van der Waals surface area contributed by atoms with E-state index in [0.717, 1.165) is 11.4 Å². The number of aromatic nitrogens is 4. The van der Waals surface area contributed by atoms with Crippen molar-refractivity contribution in [2.75, 3.05) is 17.7 Å². The molecular weight excluding hydrogens is 446 g/mol. The molecule has 0 saturated carbocycles. The number of likely N-dealkylation sites (N-methyl/N-ethyl adjacent to an activating group) is 1. The molecule has 0 bridgehead atoms. The van der Waals surface area contributed by atoms with E-state index in [0.29, 0.717) is 28.4 Å². The second kappa shape index (κ2) is 8.29. The van der Waals surface area contributed by atoms with E-state index in [4.69, 9.17) is 0 Å². The Kier molecular flexibility index (Phi) is 5.40. The van der Waals surface area contributed by atoms with Gasteiger partial charge in [-0.1, -0.05) is 62.0 Å². The maximum absolute atomic E-state index is 13.1. The molecule has 0 N–H and O–H groups in total. The standard InChI is InChI=1S/C26H25N5O2S/c1-5-14-30-23(33)18-10-6-8-12-20(18)31-24(30)27-28-25(31)34-16-17(32)15-22-26(2,3)19-11-7-9-13-21(19)29(22)4/h5-13,15H,1,14,16H2,2-4H3/b22-15-. The molecule has 0 spiro atoms. The van der Waals surface area contributed by atoms with Crippen molar-refractivity contribution in [2.24, 2.45) is 0 Å². The van der Waals surface area contributed by atoms with E-state index in [1.165, 1.54) is 17.3 Å². The molecular formula is C26H25N5O2S. The van der Waals surface area contributed by atoms with Gasteiger partial charge in [0.2, 0.25) is 5.78 Å². The summed E-state index contributed by atoms with van der Waals surface area (Å²) in [4.78, 5) is 28.1. The van der Waals surface area contributed by atoms with Gasteiger partial charge >= 0.3 is 0 Å². The predicted molar refractivity (Wildman–Crippen MR) is 137 cm³/mol. The predicted octanol–water partition coefficient (Wildman–Crippen LogP) is 4.20. The van der Waals surface area contributed by atoms with Crippen molar-refractivity contribution in [2.45, 2.75) is 31.0 Å². The van der Waals surface area contributed by atoms with Crippen molar-refractivity contribution in [3.05, 3.63) is 88.9 Å². The average molecular weight is 472 g/mol. The highest BCUT2D eigenvalue weighted by Gasteiger charge is 2.38. The molecule has 3 heterocycles. The van der Waals surface area contributed by atoms with Crippen molar-refractivity contribution < 1.29 is 4.79 Å². The number of benzene rings is 2. The van der Waals surface area contributed by atoms with E-state index in [9.17, 15) is 9.59 Å². The monoisotopic (exact) mass is 471 g/mol. The summed E-state index contributed by atoms with van der Waals surface area (Å²) in [6, 6.07) is 15.6. The lowest BCUT2D eigenvalue weighted by atomic mass is 9.83. The van der Waals surface area contributed by atoms with Crippen molar-refractivity contribution >= 4 is 39.9 Å². The summed E-state index contributed by atoms with van der Waals surface area (Å²) in [7, 11) is 2.00. The molecule has 2 aromatic heterocycles. The van der Waals surface area contributed by atoms with Gasteiger partial charge in [0.1, 0.15) is 0 Å². The highest BCUT2D eigenvalue weighted by atomic mass is 32.2. The normalized spacial score (nSPS) is 15.9. The van der Waals surface area contributed by atoms with E-state index in [-0.39, 0.29) is 22.5 Å². The van der Waals surface area contributed by atoms with Crippen molar-refractivity contribution in [3.63, 3.8) is 0 Å². The lowest BCUT2D eigenvalue weighted by Crippen LogP contribution is -2.24. The number of fused-ring (bicyclic) bond motifs is 4. The summed E-state index contributed by atoms with van der Waals surface area (Å²) in [5.74, 6) is 0.636. The molecule has 1 aliphatic rings. The van der Waals surface area contributed by atoms with Crippen molar-refractivity contribution in [1.29, 1.82) is 0 Å². The molecule has 0 amide bonds. The van der Waals surface area contributed by atoms with Crippen LogP contribution in [0.25, 0.3) is 16.7 Å². The number of carbonyl (C=O) groups is 1. The summed E-state index contributed by atoms with van der Waals surface area (Å²) >= 11 is 1.32. The van der Waals surface area contributed by atoms with Gasteiger partial charge in [0, 0.05) is 36.5 Å². The Morgan fingerprint density at radius 1 is 1.12 bits per heavy atom. The largest absolute Gasteiger partial charge is 0.347 e. The third kappa shape index (κ3) is 3.37. The third-order valence-electron chi connectivity index (χ3n) is 6.37. The van der Waals surface area contributed by atoms with Gasteiger partial charge in [0.15, 0.2) is 10.9 Å². The van der Waals surface area contributed by atoms with Crippen molar-refractivity contribution in [1.82, 2.24) is 19.2 Å². The second-order valence-corrected chi connectivity index (χ2v) is 9.77. The number of hydrogen-bond donors (Lipinski definition) is 0. The van der Waals surface area contributed by atoms with Crippen LogP contribution in [0.15, 0.2) is 82.9 Å². The molecule has 0 saturated heterocycles. The number of rotatable bonds is 6. The summed E-state index contributed by atoms with van der Waals surface area (Å²) in [5, 5.41) is 9.71. The van der Waals surface area contributed by atoms with Gasteiger partial charge in [0.05, 0.1) is 16.7 Å². The number of carbonyl (C=O) groups excluding carboxylic acids is 1. The van der Waals surface area contributed by atoms with Gasteiger partial charge < -0.3 is 4.90 Å². The van der Waals surface area contributed by atoms with Gasteiger partial charge in [-0.15, -0.1) is 16.8 Å². The topological polar surface area (TPSA) is 72.5 Å². The highest BCUT2D eigenvalue weighted by molar-refractivity contribution is 7.99. The average Bonchev–Trinajstić information content (AvgIpc) is 3.34. The van der Waals surface area contributed by atoms with Crippen molar-refractivity contribution in [3.8, 4) is 0 Å². The molecule has 8 heteroatoms. The fourth-order valence-electron chi connectivity index (χ4n) is 4.71. The Hall–Kier alpha value is -3.65. The Balaban J connectivity index is 1.48. The van der Waals surface area contributed by atoms with Crippen LogP contribution >= 0.6 is 11.8 Å². The van der Waals surface area contributed by atoms with E-state index in [1.807, 2.05) is 41.8 Å². The molecule has 0 aliphatic carbocycles. The molecule has 5 rings (SSSR count). The zero-order valence-corrected chi connectivity index (χ0v) is 20.2. The minimum Gasteiger partial charge on any atom is -0.347 e. The summed E-state index contributed by atoms with van der Waals surface area (Å²) in [6.07, 6.45) is 3.40. The third-order valence-corrected chi connectivity index (χ3v) is 7.32. The summed E-state index contributed by atoms with van der Waals surface area (Å²) < 4.78 is 3.39. The Morgan fingerprint density at radius 2 is 1.85 bits per heavy atom. The molecule has 34 heavy (non-hydrogen) atoms. The maximum atomic E-state index is 13.1. The summed E-state index contributed by atoms with van der Waals surface area (Å²) in [6.45, 7) is 8.35. The molecule has 0 unspecified atom stereocenters. The molecule has 0 atom stereocenters. The van der Waals surface area contributed by atoms with Gasteiger partial charge in [0.25, 0.3) is 5.56 Å². The molecule has 4 aromatic rings. The molecule has 172 valence electrons. The number of anilines is 1. The van der Waals surface area contributed by atoms with Crippen LogP contribution in [-0.2, 0) is 16.8 Å². The van der Waals surface area contributed by atoms with Crippen LogP contribution in [0.5, 0.6) is 0 Å². The Morgan fingerprint density at radius 3 is 2.62 bits per heavy atom. The minimum absolute atomic E-state index is 0.00630. The van der Waals surface area contributed by atoms with Gasteiger partial charge in [-0.25, -0.2) is 0 Å². The van der Waals surface area contributed by atoms with Crippen LogP contribution in [0.1, 0.15) is 19.4 Å². The van der Waals surface area contributed by atoms with Crippen LogP contribution in [-0.4, -0.2) is 37.7 Å². The number of allylic oxidation sites excluding steroid dienone is 3. The molecule has 7 nitrogen and oxygen atoms in total. The zero-order chi connectivity index (χ0) is 24.0. The van der Waals surface area contributed by atoms with E-state index in [1.54, 1.807) is 22.8 Å². The van der Waals surface area contributed by atoms with Gasteiger partial charge in [-0.05, 0) is 23.8 Å². The Labute approximate surface area is 201 Å². The smallest absolute Gasteiger partial charge is 0.263 e. The van der Waals surface area contributed by atoms with Crippen LogP contribution in [0, 0.1) is 0 Å². The zero-order valence-electron chi connectivity index (χ0n) is 19.4. The first-order valence-corrected chi connectivity index (χ1v) is 12.0. The Bertz CT molecular complexity index is 1550. The van der Waals surface area contributed by atoms with Crippen LogP contribution < -0.4 is 10.5 Å². The molecule has 1 aliphatic heterocycles. The highest BCUT2D eigenvalue weighted by Crippen LogP contribution is 2.46. The first-order chi connectivity index (χ1) is 16.3. The summed E-state index contributed by atoms with van der Waals surface area (Å²) in [5.41, 5.74) is 3.61. The van der Waals surface area contributed by atoms with E-state index < -0.39 is 0 Å². The first-order valence-electron chi connectivity index (χ1n) is 11.0. The quantitative estimate of drug-likeness (QED) is 0.238. The number of para-hydroxylation sites is 2. The van der Waals surface area contributed by atoms with E-state index in [2.05, 4.69) is 47.7 Å². The minimum atomic E-state index is -0.260. The van der Waals surface area contributed by atoms with Gasteiger partial charge in [-0.3, -0.25) is 18.6 Å².